The van der Waals surface area contributed by atoms with Crippen LogP contribution in [-0.4, -0.2) is 30.0 Å². The molecule has 2 heterocycles. The van der Waals surface area contributed by atoms with E-state index >= 15 is 0 Å². The van der Waals surface area contributed by atoms with Gasteiger partial charge in [0.05, 0.1) is 7.11 Å². The fraction of sp³-hybridized carbons (Fsp3) is 0.250. The van der Waals surface area contributed by atoms with Gasteiger partial charge in [-0.3, -0.25) is 0 Å². The van der Waals surface area contributed by atoms with Crippen molar-refractivity contribution in [3.05, 3.63) is 59.8 Å². The van der Waals surface area contributed by atoms with Gasteiger partial charge in [-0.2, -0.15) is 0 Å². The van der Waals surface area contributed by atoms with E-state index in [1.807, 2.05) is 12.1 Å². The van der Waals surface area contributed by atoms with Gasteiger partial charge in [0.2, 0.25) is 12.7 Å². The van der Waals surface area contributed by atoms with E-state index in [2.05, 4.69) is 11.9 Å². The standard InChI is InChI=1S/C24H23NO6/c1-3-4-5-16-13-19(15-6-11-20-21(12-15)30-14-29-20)22(24(26)27)23(25-16)31-18-9-7-17(28-2)8-10-18/h6-13H,3-5,14H2,1-2H3,(H,26,27). The van der Waals surface area contributed by atoms with Crippen molar-refractivity contribution in [3.63, 3.8) is 0 Å². The van der Waals surface area contributed by atoms with Crippen molar-refractivity contribution in [2.75, 3.05) is 13.9 Å². The number of benzene rings is 2. The average molecular weight is 421 g/mol. The Morgan fingerprint density at radius 1 is 1.06 bits per heavy atom. The van der Waals surface area contributed by atoms with Gasteiger partial charge >= 0.3 is 5.97 Å². The van der Waals surface area contributed by atoms with Crippen LogP contribution in [0, 0.1) is 0 Å². The van der Waals surface area contributed by atoms with Gasteiger partial charge in [-0.25, -0.2) is 9.78 Å². The summed E-state index contributed by atoms with van der Waals surface area (Å²) in [6.07, 6.45) is 2.64. The fourth-order valence-electron chi connectivity index (χ4n) is 3.39. The lowest BCUT2D eigenvalue weighted by Gasteiger charge is -2.15. The first-order valence-corrected chi connectivity index (χ1v) is 10.1. The molecule has 0 saturated heterocycles. The number of ether oxygens (including phenoxy) is 4. The number of nitrogens with zero attached hydrogens (tertiary/aromatic N) is 1. The zero-order valence-electron chi connectivity index (χ0n) is 17.4. The second-order valence-corrected chi connectivity index (χ2v) is 7.10. The Morgan fingerprint density at radius 3 is 2.52 bits per heavy atom. The molecule has 1 aromatic heterocycles. The monoisotopic (exact) mass is 421 g/mol. The number of aromatic carboxylic acids is 1. The maximum absolute atomic E-state index is 12.3. The van der Waals surface area contributed by atoms with Crippen LogP contribution in [-0.2, 0) is 6.42 Å². The minimum absolute atomic E-state index is 0.00469. The zero-order valence-corrected chi connectivity index (χ0v) is 17.4. The molecule has 0 spiro atoms. The molecule has 0 radical (unpaired) electrons. The highest BCUT2D eigenvalue weighted by Gasteiger charge is 2.24. The minimum Gasteiger partial charge on any atom is -0.497 e. The summed E-state index contributed by atoms with van der Waals surface area (Å²) in [5.74, 6) is 1.30. The second-order valence-electron chi connectivity index (χ2n) is 7.10. The Balaban J connectivity index is 1.82. The molecule has 4 rings (SSSR count). The van der Waals surface area contributed by atoms with Crippen LogP contribution in [0.2, 0.25) is 0 Å². The summed E-state index contributed by atoms with van der Waals surface area (Å²) in [5.41, 5.74) is 1.98. The van der Waals surface area contributed by atoms with Gasteiger partial charge in [0.1, 0.15) is 17.1 Å². The van der Waals surface area contributed by atoms with Crippen molar-refractivity contribution in [2.24, 2.45) is 0 Å². The predicted molar refractivity (Wildman–Crippen MR) is 114 cm³/mol. The number of unbranched alkanes of at least 4 members (excludes halogenated alkanes) is 1. The van der Waals surface area contributed by atoms with Crippen molar-refractivity contribution in [3.8, 4) is 40.0 Å². The van der Waals surface area contributed by atoms with Gasteiger partial charge in [0, 0.05) is 11.3 Å². The number of fused-ring (bicyclic) bond motifs is 1. The van der Waals surface area contributed by atoms with E-state index in [9.17, 15) is 9.90 Å². The molecule has 0 atom stereocenters. The van der Waals surface area contributed by atoms with Gasteiger partial charge in [-0.05, 0) is 60.9 Å². The largest absolute Gasteiger partial charge is 0.497 e. The van der Waals surface area contributed by atoms with Crippen LogP contribution in [0.3, 0.4) is 0 Å². The number of carbonyl (C=O) groups is 1. The van der Waals surface area contributed by atoms with Crippen molar-refractivity contribution >= 4 is 5.97 Å². The van der Waals surface area contributed by atoms with Gasteiger partial charge in [-0.15, -0.1) is 0 Å². The Kier molecular flexibility index (Phi) is 5.93. The number of pyridine rings is 1. The predicted octanol–water partition coefficient (Wildman–Crippen LogP) is 5.32. The highest BCUT2D eigenvalue weighted by molar-refractivity contribution is 5.98. The first-order chi connectivity index (χ1) is 15.1. The number of aromatic nitrogens is 1. The van der Waals surface area contributed by atoms with Gasteiger partial charge in [0.25, 0.3) is 0 Å². The van der Waals surface area contributed by atoms with Crippen LogP contribution in [0.1, 0.15) is 35.8 Å². The molecule has 1 aliphatic heterocycles. The first kappa shape index (κ1) is 20.5. The van der Waals surface area contributed by atoms with E-state index in [0.29, 0.717) is 40.5 Å². The Labute approximate surface area is 180 Å². The minimum atomic E-state index is -1.12. The summed E-state index contributed by atoms with van der Waals surface area (Å²) < 4.78 is 22.0. The quantitative estimate of drug-likeness (QED) is 0.527. The number of hydrogen-bond donors (Lipinski definition) is 1. The summed E-state index contributed by atoms with van der Waals surface area (Å²) in [7, 11) is 1.58. The fourth-order valence-corrected chi connectivity index (χ4v) is 3.39. The van der Waals surface area contributed by atoms with Crippen molar-refractivity contribution in [1.82, 2.24) is 4.98 Å². The number of aryl methyl sites for hydroxylation is 1. The van der Waals surface area contributed by atoms with Crippen LogP contribution in [0.25, 0.3) is 11.1 Å². The van der Waals surface area contributed by atoms with E-state index in [1.165, 1.54) is 0 Å². The molecule has 31 heavy (non-hydrogen) atoms. The Morgan fingerprint density at radius 2 is 1.81 bits per heavy atom. The van der Waals surface area contributed by atoms with E-state index in [4.69, 9.17) is 18.9 Å². The molecule has 0 bridgehead atoms. The zero-order chi connectivity index (χ0) is 21.8. The molecule has 0 saturated carbocycles. The molecule has 3 aromatic rings. The Bertz CT molecular complexity index is 1090. The lowest BCUT2D eigenvalue weighted by molar-refractivity contribution is 0.0694. The van der Waals surface area contributed by atoms with Crippen LogP contribution in [0.5, 0.6) is 28.9 Å². The number of methoxy groups -OCH3 is 1. The summed E-state index contributed by atoms with van der Waals surface area (Å²) in [6.45, 7) is 2.24. The molecular formula is C24H23NO6. The van der Waals surface area contributed by atoms with Crippen LogP contribution < -0.4 is 18.9 Å². The van der Waals surface area contributed by atoms with Gasteiger partial charge < -0.3 is 24.1 Å². The third-order valence-electron chi connectivity index (χ3n) is 5.00. The highest BCUT2D eigenvalue weighted by atomic mass is 16.7. The number of hydrogen-bond acceptors (Lipinski definition) is 6. The summed E-state index contributed by atoms with van der Waals surface area (Å²) >= 11 is 0. The maximum atomic E-state index is 12.3. The first-order valence-electron chi connectivity index (χ1n) is 10.1. The second kappa shape index (κ2) is 8.95. The molecule has 0 fully saturated rings. The molecular weight excluding hydrogens is 398 g/mol. The summed E-state index contributed by atoms with van der Waals surface area (Å²) in [4.78, 5) is 16.8. The van der Waals surface area contributed by atoms with Crippen LogP contribution >= 0.6 is 0 Å². The van der Waals surface area contributed by atoms with E-state index < -0.39 is 5.97 Å². The van der Waals surface area contributed by atoms with Gasteiger partial charge in [-0.1, -0.05) is 19.4 Å². The van der Waals surface area contributed by atoms with E-state index in [0.717, 1.165) is 18.5 Å². The van der Waals surface area contributed by atoms with Crippen LogP contribution in [0.4, 0.5) is 0 Å². The number of carboxylic acids is 1. The van der Waals surface area contributed by atoms with Crippen molar-refractivity contribution in [1.29, 1.82) is 0 Å². The molecule has 0 amide bonds. The van der Waals surface area contributed by atoms with Crippen molar-refractivity contribution < 1.29 is 28.8 Å². The SMILES string of the molecule is CCCCc1cc(-c2ccc3c(c2)OCO3)c(C(=O)O)c(Oc2ccc(OC)cc2)n1. The lowest BCUT2D eigenvalue weighted by atomic mass is 9.98. The molecule has 7 nitrogen and oxygen atoms in total. The molecule has 0 aliphatic carbocycles. The maximum Gasteiger partial charge on any atom is 0.341 e. The molecule has 1 aliphatic rings. The van der Waals surface area contributed by atoms with Crippen LogP contribution in [0.15, 0.2) is 48.5 Å². The topological polar surface area (TPSA) is 87.1 Å². The van der Waals surface area contributed by atoms with E-state index in [-0.39, 0.29) is 18.2 Å². The molecule has 7 heteroatoms. The Hall–Kier alpha value is -3.74. The molecule has 1 N–H and O–H groups in total. The summed E-state index contributed by atoms with van der Waals surface area (Å²) in [5, 5.41) is 10.0. The highest BCUT2D eigenvalue weighted by Crippen LogP contribution is 2.39. The third-order valence-corrected chi connectivity index (χ3v) is 5.00. The van der Waals surface area contributed by atoms with Gasteiger partial charge in [0.15, 0.2) is 11.5 Å². The summed E-state index contributed by atoms with van der Waals surface area (Å²) in [6, 6.07) is 14.1. The third kappa shape index (κ3) is 4.40. The normalized spacial score (nSPS) is 11.9. The van der Waals surface area contributed by atoms with E-state index in [1.54, 1.807) is 43.5 Å². The molecule has 160 valence electrons. The number of rotatable bonds is 8. The number of carboxylic acid groups (broad SMARTS) is 1. The average Bonchev–Trinajstić information content (AvgIpc) is 3.25. The lowest BCUT2D eigenvalue weighted by Crippen LogP contribution is -2.07. The molecule has 2 aromatic carbocycles. The van der Waals surface area contributed by atoms with Crippen molar-refractivity contribution in [2.45, 2.75) is 26.2 Å². The smallest absolute Gasteiger partial charge is 0.341 e. The molecule has 0 unspecified atom stereocenters.